The molecule has 20 heavy (non-hydrogen) atoms. The lowest BCUT2D eigenvalue weighted by Crippen LogP contribution is -1.96. The maximum absolute atomic E-state index is 11.9. The van der Waals surface area contributed by atoms with Crippen molar-refractivity contribution in [3.8, 4) is 0 Å². The van der Waals surface area contributed by atoms with Gasteiger partial charge >= 0.3 is 5.97 Å². The minimum atomic E-state index is -0.990. The molecule has 4 heteroatoms. The maximum Gasteiger partial charge on any atom is 0.335 e. The third-order valence-electron chi connectivity index (χ3n) is 2.71. The van der Waals surface area contributed by atoms with Crippen LogP contribution in [0.1, 0.15) is 26.3 Å². The Bertz CT molecular complexity index is 672. The Morgan fingerprint density at radius 2 is 1.70 bits per heavy atom. The van der Waals surface area contributed by atoms with Gasteiger partial charge in [-0.3, -0.25) is 4.79 Å². The fourth-order valence-electron chi connectivity index (χ4n) is 1.67. The van der Waals surface area contributed by atoms with Gasteiger partial charge in [-0.2, -0.15) is 0 Å². The Hall–Kier alpha value is -2.33. The summed E-state index contributed by atoms with van der Waals surface area (Å²) in [5.74, 6) is -1.13. The molecule has 1 N–H and O–H groups in total. The second-order valence-electron chi connectivity index (χ2n) is 4.18. The van der Waals surface area contributed by atoms with Crippen LogP contribution < -0.4 is 0 Å². The topological polar surface area (TPSA) is 54.4 Å². The summed E-state index contributed by atoms with van der Waals surface area (Å²) >= 11 is 4.15. The molecular weight excluding hydrogens is 272 g/mol. The lowest BCUT2D eigenvalue weighted by Gasteiger charge is -1.98. The monoisotopic (exact) mass is 284 g/mol. The Morgan fingerprint density at radius 1 is 1.00 bits per heavy atom. The van der Waals surface area contributed by atoms with Crippen LogP contribution in [0.4, 0.5) is 0 Å². The smallest absolute Gasteiger partial charge is 0.335 e. The first kappa shape index (κ1) is 14.1. The number of carboxylic acid groups (broad SMARTS) is 1. The molecule has 0 aliphatic carbocycles. The van der Waals surface area contributed by atoms with E-state index < -0.39 is 5.97 Å². The number of rotatable bonds is 4. The van der Waals surface area contributed by atoms with Crippen molar-refractivity contribution in [2.75, 3.05) is 0 Å². The molecule has 0 spiro atoms. The normalized spacial score (nSPS) is 10.7. The van der Waals surface area contributed by atoms with E-state index in [9.17, 15) is 9.59 Å². The van der Waals surface area contributed by atoms with Gasteiger partial charge in [-0.15, -0.1) is 12.6 Å². The summed E-state index contributed by atoms with van der Waals surface area (Å²) in [7, 11) is 0. The Balaban J connectivity index is 2.16. The average molecular weight is 284 g/mol. The lowest BCUT2D eigenvalue weighted by molar-refractivity contribution is 0.0696. The van der Waals surface area contributed by atoms with E-state index >= 15 is 0 Å². The third kappa shape index (κ3) is 3.59. The zero-order valence-electron chi connectivity index (χ0n) is 10.5. The standard InChI is InChI=1S/C16H12O3S/c17-15(12-5-7-14(20)8-6-12)9-4-11-2-1-3-13(10-11)16(18)19/h1-10,20H,(H,18,19)/b9-4+. The van der Waals surface area contributed by atoms with Gasteiger partial charge in [0.25, 0.3) is 0 Å². The van der Waals surface area contributed by atoms with E-state index in [1.165, 1.54) is 18.2 Å². The Morgan fingerprint density at radius 3 is 2.35 bits per heavy atom. The van der Waals surface area contributed by atoms with E-state index in [0.717, 1.165) is 4.90 Å². The SMILES string of the molecule is O=C(O)c1cccc(/C=C/C(=O)c2ccc(S)cc2)c1. The number of thiol groups is 1. The van der Waals surface area contributed by atoms with Crippen LogP contribution >= 0.6 is 12.6 Å². The fourth-order valence-corrected chi connectivity index (χ4v) is 1.82. The first-order valence-electron chi connectivity index (χ1n) is 5.91. The summed E-state index contributed by atoms with van der Waals surface area (Å²) in [6.45, 7) is 0. The van der Waals surface area contributed by atoms with Crippen molar-refractivity contribution in [1.29, 1.82) is 0 Å². The van der Waals surface area contributed by atoms with Gasteiger partial charge in [0.1, 0.15) is 0 Å². The van der Waals surface area contributed by atoms with Gasteiger partial charge in [0.2, 0.25) is 0 Å². The van der Waals surface area contributed by atoms with Crippen molar-refractivity contribution in [3.63, 3.8) is 0 Å². The van der Waals surface area contributed by atoms with Crippen molar-refractivity contribution in [2.24, 2.45) is 0 Å². The number of ketones is 1. The zero-order chi connectivity index (χ0) is 14.5. The molecule has 2 rings (SSSR count). The van der Waals surface area contributed by atoms with E-state index in [1.807, 2.05) is 0 Å². The third-order valence-corrected chi connectivity index (χ3v) is 3.01. The molecule has 0 saturated carbocycles. The molecule has 0 aromatic heterocycles. The van der Waals surface area contributed by atoms with Crippen LogP contribution in [0.15, 0.2) is 59.5 Å². The molecular formula is C16H12O3S. The van der Waals surface area contributed by atoms with Crippen molar-refractivity contribution < 1.29 is 14.7 Å². The van der Waals surface area contributed by atoms with Gasteiger partial charge < -0.3 is 5.11 Å². The molecule has 0 radical (unpaired) electrons. The van der Waals surface area contributed by atoms with Crippen molar-refractivity contribution in [3.05, 3.63) is 71.3 Å². The van der Waals surface area contributed by atoms with E-state index in [4.69, 9.17) is 5.11 Å². The predicted octanol–water partition coefficient (Wildman–Crippen LogP) is 3.57. The van der Waals surface area contributed by atoms with E-state index in [-0.39, 0.29) is 11.3 Å². The summed E-state index contributed by atoms with van der Waals surface area (Å²) < 4.78 is 0. The number of hydrogen-bond acceptors (Lipinski definition) is 3. The molecule has 100 valence electrons. The fraction of sp³-hybridized carbons (Fsp3) is 0. The van der Waals surface area contributed by atoms with Crippen LogP contribution in [0.5, 0.6) is 0 Å². The molecule has 0 saturated heterocycles. The first-order valence-corrected chi connectivity index (χ1v) is 6.36. The lowest BCUT2D eigenvalue weighted by atomic mass is 10.1. The summed E-state index contributed by atoms with van der Waals surface area (Å²) in [5, 5.41) is 8.89. The van der Waals surface area contributed by atoms with E-state index in [2.05, 4.69) is 12.6 Å². The van der Waals surface area contributed by atoms with Crippen LogP contribution in [0.2, 0.25) is 0 Å². The molecule has 2 aromatic rings. The summed E-state index contributed by atoms with van der Waals surface area (Å²) in [6.07, 6.45) is 3.03. The summed E-state index contributed by atoms with van der Waals surface area (Å²) in [5.41, 5.74) is 1.43. The summed E-state index contributed by atoms with van der Waals surface area (Å²) in [4.78, 5) is 23.6. The van der Waals surface area contributed by atoms with Gasteiger partial charge in [-0.1, -0.05) is 18.2 Å². The number of carboxylic acids is 1. The minimum absolute atomic E-state index is 0.140. The minimum Gasteiger partial charge on any atom is -0.478 e. The first-order chi connectivity index (χ1) is 9.56. The second-order valence-corrected chi connectivity index (χ2v) is 4.69. The van der Waals surface area contributed by atoms with Gasteiger partial charge in [-0.05, 0) is 48.0 Å². The zero-order valence-corrected chi connectivity index (χ0v) is 11.4. The highest BCUT2D eigenvalue weighted by Crippen LogP contribution is 2.11. The van der Waals surface area contributed by atoms with Gasteiger partial charge in [0.15, 0.2) is 5.78 Å². The van der Waals surface area contributed by atoms with Gasteiger partial charge in [0.05, 0.1) is 5.56 Å². The molecule has 0 aliphatic heterocycles. The number of carbonyl (C=O) groups excluding carboxylic acids is 1. The Kier molecular flexibility index (Phi) is 4.38. The summed E-state index contributed by atoms with van der Waals surface area (Å²) in [6, 6.07) is 13.3. The van der Waals surface area contributed by atoms with E-state index in [1.54, 1.807) is 42.5 Å². The largest absolute Gasteiger partial charge is 0.478 e. The van der Waals surface area contributed by atoms with Crippen molar-refractivity contribution in [2.45, 2.75) is 4.90 Å². The van der Waals surface area contributed by atoms with Crippen LogP contribution in [0.3, 0.4) is 0 Å². The average Bonchev–Trinajstić information content (AvgIpc) is 2.46. The molecule has 0 atom stereocenters. The Labute approximate surface area is 122 Å². The van der Waals surface area contributed by atoms with Crippen LogP contribution in [0, 0.1) is 0 Å². The highest BCUT2D eigenvalue weighted by Gasteiger charge is 2.03. The van der Waals surface area contributed by atoms with Gasteiger partial charge in [0, 0.05) is 10.5 Å². The van der Waals surface area contributed by atoms with Crippen LogP contribution in [0.25, 0.3) is 6.08 Å². The van der Waals surface area contributed by atoms with Crippen LogP contribution in [-0.2, 0) is 0 Å². The highest BCUT2D eigenvalue weighted by molar-refractivity contribution is 7.80. The molecule has 2 aromatic carbocycles. The molecule has 3 nitrogen and oxygen atoms in total. The quantitative estimate of drug-likeness (QED) is 0.512. The molecule has 0 bridgehead atoms. The van der Waals surface area contributed by atoms with E-state index in [0.29, 0.717) is 11.1 Å². The highest BCUT2D eigenvalue weighted by atomic mass is 32.1. The molecule has 0 amide bonds. The number of allylic oxidation sites excluding steroid dienone is 1. The van der Waals surface area contributed by atoms with Crippen LogP contribution in [-0.4, -0.2) is 16.9 Å². The molecule has 0 fully saturated rings. The number of carbonyl (C=O) groups is 2. The number of aromatic carboxylic acids is 1. The number of hydrogen-bond donors (Lipinski definition) is 2. The maximum atomic E-state index is 11.9. The van der Waals surface area contributed by atoms with Gasteiger partial charge in [-0.25, -0.2) is 4.79 Å². The molecule has 0 aliphatic rings. The second kappa shape index (κ2) is 6.21. The predicted molar refractivity (Wildman–Crippen MR) is 80.5 cm³/mol. The molecule has 0 unspecified atom stereocenters. The van der Waals surface area contributed by atoms with Crippen molar-refractivity contribution in [1.82, 2.24) is 0 Å². The number of benzene rings is 2. The molecule has 0 heterocycles. The van der Waals surface area contributed by atoms with Crippen molar-refractivity contribution >= 4 is 30.5 Å².